The van der Waals surface area contributed by atoms with E-state index in [-0.39, 0.29) is 5.89 Å². The van der Waals surface area contributed by atoms with Crippen LogP contribution in [0.4, 0.5) is 11.4 Å². The van der Waals surface area contributed by atoms with Crippen LogP contribution in [0.25, 0.3) is 11.4 Å². The molecule has 0 radical (unpaired) electrons. The van der Waals surface area contributed by atoms with Crippen molar-refractivity contribution in [3.63, 3.8) is 0 Å². The highest BCUT2D eigenvalue weighted by atomic mass is 16.5. The van der Waals surface area contributed by atoms with Gasteiger partial charge >= 0.3 is 5.89 Å². The molecule has 0 saturated carbocycles. The van der Waals surface area contributed by atoms with E-state index in [9.17, 15) is 5.21 Å². The van der Waals surface area contributed by atoms with Crippen molar-refractivity contribution in [1.82, 2.24) is 10.1 Å². The second-order valence-electron chi connectivity index (χ2n) is 5.55. The van der Waals surface area contributed by atoms with Gasteiger partial charge in [0.15, 0.2) is 0 Å². The third-order valence-electron chi connectivity index (χ3n) is 3.64. The number of methoxy groups -OCH3 is 1. The fraction of sp³-hybridized carbons (Fsp3) is 0.167. The topological polar surface area (TPSA) is 77.5 Å². The summed E-state index contributed by atoms with van der Waals surface area (Å²) in [6.07, 6.45) is 1.25. The molecule has 128 valence electrons. The van der Waals surface area contributed by atoms with Crippen LogP contribution < -0.4 is 9.64 Å². The third kappa shape index (κ3) is 3.77. The smallest absolute Gasteiger partial charge is 0.316 e. The maximum Gasteiger partial charge on any atom is 0.316 e. The van der Waals surface area contributed by atoms with Crippen molar-refractivity contribution < 1.29 is 14.0 Å². The van der Waals surface area contributed by atoms with Crippen LogP contribution in [0, 0.1) is 5.21 Å². The molecule has 0 amide bonds. The molecule has 0 aliphatic heterocycles. The Hall–Kier alpha value is -3.35. The zero-order valence-corrected chi connectivity index (χ0v) is 14.2. The minimum absolute atomic E-state index is 0.137. The minimum atomic E-state index is 0.137. The first-order valence-electron chi connectivity index (χ1n) is 7.63. The number of aromatic nitrogens is 2. The van der Waals surface area contributed by atoms with E-state index in [1.54, 1.807) is 31.4 Å². The number of rotatable bonds is 5. The first-order chi connectivity index (χ1) is 12.1. The molecular formula is C18H18N4O3. The lowest BCUT2D eigenvalue weighted by atomic mass is 10.2. The molecular weight excluding hydrogens is 320 g/mol. The summed E-state index contributed by atoms with van der Waals surface area (Å²) in [4.78, 5) is 6.18. The van der Waals surface area contributed by atoms with Crippen LogP contribution >= 0.6 is 0 Å². The van der Waals surface area contributed by atoms with Crippen molar-refractivity contribution in [1.29, 1.82) is 0 Å². The van der Waals surface area contributed by atoms with Crippen LogP contribution in [0.5, 0.6) is 5.75 Å². The quantitative estimate of drug-likeness (QED) is 0.308. The molecule has 25 heavy (non-hydrogen) atoms. The molecule has 0 unspecified atom stereocenters. The van der Waals surface area contributed by atoms with Gasteiger partial charge in [-0.2, -0.15) is 9.72 Å². The molecule has 0 aliphatic carbocycles. The summed E-state index contributed by atoms with van der Waals surface area (Å²) in [5, 5.41) is 16.1. The van der Waals surface area contributed by atoms with Crippen molar-refractivity contribution in [2.24, 2.45) is 0 Å². The van der Waals surface area contributed by atoms with Crippen LogP contribution in [0.2, 0.25) is 0 Å². The zero-order valence-electron chi connectivity index (χ0n) is 14.2. The van der Waals surface area contributed by atoms with E-state index in [1.165, 1.54) is 6.21 Å². The van der Waals surface area contributed by atoms with E-state index >= 15 is 0 Å². The average molecular weight is 338 g/mol. The maximum absolute atomic E-state index is 12.2. The van der Waals surface area contributed by atoms with Crippen molar-refractivity contribution in [3.8, 4) is 17.1 Å². The fourth-order valence-corrected chi connectivity index (χ4v) is 2.22. The summed E-state index contributed by atoms with van der Waals surface area (Å²) in [6.45, 7) is 0. The van der Waals surface area contributed by atoms with E-state index in [1.807, 2.05) is 43.3 Å². The molecule has 0 N–H and O–H groups in total. The Morgan fingerprint density at radius 1 is 1.08 bits per heavy atom. The fourth-order valence-electron chi connectivity index (χ4n) is 2.22. The van der Waals surface area contributed by atoms with Gasteiger partial charge in [0.05, 0.1) is 7.11 Å². The van der Waals surface area contributed by atoms with Gasteiger partial charge in [-0.15, -0.1) is 0 Å². The number of hydrogen-bond acceptors (Lipinski definition) is 6. The molecule has 1 heterocycles. The molecule has 0 aliphatic rings. The number of hydrogen-bond donors (Lipinski definition) is 0. The Morgan fingerprint density at radius 2 is 1.76 bits per heavy atom. The van der Waals surface area contributed by atoms with Gasteiger partial charge in [-0.1, -0.05) is 5.16 Å². The van der Waals surface area contributed by atoms with Gasteiger partial charge in [0.1, 0.15) is 5.75 Å². The molecule has 1 aromatic heterocycles. The molecule has 0 fully saturated rings. The highest BCUT2D eigenvalue weighted by Gasteiger charge is 2.11. The van der Waals surface area contributed by atoms with Gasteiger partial charge in [0, 0.05) is 37.5 Å². The van der Waals surface area contributed by atoms with Crippen molar-refractivity contribution in [2.45, 2.75) is 0 Å². The molecule has 3 aromatic rings. The Morgan fingerprint density at radius 3 is 2.36 bits per heavy atom. The lowest BCUT2D eigenvalue weighted by Gasteiger charge is -2.11. The van der Waals surface area contributed by atoms with Crippen LogP contribution in [0.1, 0.15) is 5.89 Å². The highest BCUT2D eigenvalue weighted by molar-refractivity contribution is 5.71. The highest BCUT2D eigenvalue weighted by Crippen LogP contribution is 2.20. The minimum Gasteiger partial charge on any atom is -0.618 e. The third-order valence-corrected chi connectivity index (χ3v) is 3.64. The maximum atomic E-state index is 12.2. The molecule has 0 bridgehead atoms. The number of anilines is 1. The summed E-state index contributed by atoms with van der Waals surface area (Å²) < 4.78 is 10.9. The molecule has 0 spiro atoms. The predicted molar refractivity (Wildman–Crippen MR) is 95.5 cm³/mol. The summed E-state index contributed by atoms with van der Waals surface area (Å²) >= 11 is 0. The van der Waals surface area contributed by atoms with Crippen LogP contribution in [-0.2, 0) is 0 Å². The predicted octanol–water partition coefficient (Wildman–Crippen LogP) is 3.07. The van der Waals surface area contributed by atoms with Crippen molar-refractivity contribution in [2.75, 3.05) is 26.1 Å². The van der Waals surface area contributed by atoms with Gasteiger partial charge in [0.2, 0.25) is 17.7 Å². The van der Waals surface area contributed by atoms with Gasteiger partial charge in [-0.25, -0.2) is 0 Å². The van der Waals surface area contributed by atoms with E-state index < -0.39 is 0 Å². The number of ether oxygens (including phenoxy) is 1. The van der Waals surface area contributed by atoms with E-state index in [2.05, 4.69) is 10.1 Å². The Bertz CT molecular complexity index is 868. The van der Waals surface area contributed by atoms with E-state index in [0.29, 0.717) is 16.3 Å². The summed E-state index contributed by atoms with van der Waals surface area (Å²) in [5.41, 5.74) is 2.27. The summed E-state index contributed by atoms with van der Waals surface area (Å²) in [6, 6.07) is 14.5. The standard InChI is InChI=1S/C18H18N4O3/c1-21(2)14-6-8-15(9-7-14)22(23)12-17-19-18(20-25-17)13-4-10-16(24-3)11-5-13/h4-12H,1-3H3/b22-12-. The average Bonchev–Trinajstić information content (AvgIpc) is 3.10. The normalized spacial score (nSPS) is 11.4. The monoisotopic (exact) mass is 338 g/mol. The Labute approximate surface area is 145 Å². The van der Waals surface area contributed by atoms with Crippen molar-refractivity contribution >= 4 is 17.6 Å². The van der Waals surface area contributed by atoms with Gasteiger partial charge in [0.25, 0.3) is 0 Å². The van der Waals surface area contributed by atoms with Gasteiger partial charge < -0.3 is 19.4 Å². The second-order valence-corrected chi connectivity index (χ2v) is 5.55. The van der Waals surface area contributed by atoms with Crippen molar-refractivity contribution in [3.05, 3.63) is 59.6 Å². The second kappa shape index (κ2) is 7.04. The molecule has 3 rings (SSSR count). The van der Waals surface area contributed by atoms with Gasteiger partial charge in [-0.05, 0) is 36.4 Å². The lowest BCUT2D eigenvalue weighted by molar-refractivity contribution is -0.355. The van der Waals surface area contributed by atoms with Crippen LogP contribution in [0.3, 0.4) is 0 Å². The first-order valence-corrected chi connectivity index (χ1v) is 7.63. The lowest BCUT2D eigenvalue weighted by Crippen LogP contribution is -2.08. The first kappa shape index (κ1) is 16.5. The van der Waals surface area contributed by atoms with Crippen LogP contribution in [0.15, 0.2) is 53.1 Å². The van der Waals surface area contributed by atoms with Gasteiger partial charge in [-0.3, -0.25) is 0 Å². The van der Waals surface area contributed by atoms with Crippen LogP contribution in [-0.4, -0.2) is 42.3 Å². The number of nitrogens with zero attached hydrogens (tertiary/aromatic N) is 4. The molecule has 0 saturated heterocycles. The molecule has 0 atom stereocenters. The zero-order chi connectivity index (χ0) is 17.8. The summed E-state index contributed by atoms with van der Waals surface area (Å²) in [7, 11) is 5.48. The molecule has 7 heteroatoms. The SMILES string of the molecule is COc1ccc(-c2noc(/C=[N+](\[O-])c3ccc(N(C)C)cc3)n2)cc1. The largest absolute Gasteiger partial charge is 0.618 e. The Kier molecular flexibility index (Phi) is 4.65. The Balaban J connectivity index is 1.80. The number of benzene rings is 2. The summed E-state index contributed by atoms with van der Waals surface area (Å²) in [5.74, 6) is 1.29. The van der Waals surface area contributed by atoms with E-state index in [0.717, 1.165) is 17.0 Å². The molecule has 7 nitrogen and oxygen atoms in total. The molecule has 2 aromatic carbocycles. The van der Waals surface area contributed by atoms with E-state index in [4.69, 9.17) is 9.26 Å².